The maximum Gasteiger partial charge on any atom is 0.338 e. The van der Waals surface area contributed by atoms with E-state index < -0.39 is 107 Å². The quantitative estimate of drug-likeness (QED) is 0.0894. The highest BCUT2D eigenvalue weighted by molar-refractivity contribution is 5.94. The standard InChI is InChI=1S/C37H48O14/c1-18(2)27(41)33(45)49-23-15-37(46)31(50-32(44)21-11-9-8-10-12-21)29-35(7,30(43)28(42)26(19(23)3)34(37,5)6)22(14-25(40)48-17-38)13-24-36(29,16-47-24)51-20(4)39/h8-12,17-18,22-25,27-29,31,40-42,46H,13-16H2,1-7H3/t22?,23-,24+,25?,27+,28+,29?,31-,35+,36-,37+/m0/s1. The number of carbonyl (C=O) groups excluding carboxylic acids is 5. The van der Waals surface area contributed by atoms with Gasteiger partial charge in [-0.1, -0.05) is 52.8 Å². The van der Waals surface area contributed by atoms with Crippen LogP contribution in [0, 0.1) is 28.6 Å². The van der Waals surface area contributed by atoms with Gasteiger partial charge in [0.1, 0.15) is 30.0 Å². The minimum absolute atomic E-state index is 0.00938. The number of ether oxygens (including phenoxy) is 5. The summed E-state index contributed by atoms with van der Waals surface area (Å²) < 4.78 is 28.9. The number of carbonyl (C=O) groups is 5. The van der Waals surface area contributed by atoms with Crippen LogP contribution in [0.4, 0.5) is 0 Å². The number of esters is 3. The number of ketones is 1. The first-order chi connectivity index (χ1) is 23.8. The molecule has 1 aromatic rings. The molecule has 51 heavy (non-hydrogen) atoms. The Morgan fingerprint density at radius 1 is 1.08 bits per heavy atom. The van der Waals surface area contributed by atoms with E-state index in [1.807, 2.05) is 0 Å². The lowest BCUT2D eigenvalue weighted by Crippen LogP contribution is -2.81. The first kappa shape index (κ1) is 38.5. The molecule has 4 N–H and O–H groups in total. The van der Waals surface area contributed by atoms with E-state index in [2.05, 4.69) is 0 Å². The Kier molecular flexibility index (Phi) is 10.4. The fraction of sp³-hybridized carbons (Fsp3) is 0.649. The molecule has 5 rings (SSSR count). The number of benzene rings is 1. The fourth-order valence-corrected chi connectivity index (χ4v) is 9.10. The van der Waals surface area contributed by atoms with Crippen LogP contribution in [0.15, 0.2) is 41.5 Å². The molecule has 1 aliphatic heterocycles. The SMILES string of the molecule is CC(=O)O[C@@]12CO[C@@H]1CC(CC(O)OC=O)[C@@]1(C)C(=O)[C@H](O)C3=C(C)[C@@H](OC(=O)[C@H](O)C(C)C)C[C@@](O)([C@@H](OC(=O)c4ccccc4)C12)C3(C)C. The smallest absolute Gasteiger partial charge is 0.338 e. The van der Waals surface area contributed by atoms with Gasteiger partial charge in [-0.3, -0.25) is 14.4 Å². The van der Waals surface area contributed by atoms with Crippen LogP contribution >= 0.6 is 0 Å². The predicted octanol–water partition coefficient (Wildman–Crippen LogP) is 1.79. The zero-order valence-electron chi connectivity index (χ0n) is 29.9. The molecule has 3 unspecified atom stereocenters. The molecule has 0 spiro atoms. The van der Waals surface area contributed by atoms with Crippen LogP contribution in [-0.4, -0.2) is 105 Å². The second-order valence-corrected chi connectivity index (χ2v) is 15.4. The molecular weight excluding hydrogens is 668 g/mol. The van der Waals surface area contributed by atoms with Crippen LogP contribution in [0.5, 0.6) is 0 Å². The van der Waals surface area contributed by atoms with Crippen molar-refractivity contribution < 1.29 is 68.1 Å². The third-order valence-corrected chi connectivity index (χ3v) is 12.0. The summed E-state index contributed by atoms with van der Waals surface area (Å²) in [5.74, 6) is -6.37. The number of fused-ring (bicyclic) bond motifs is 5. The van der Waals surface area contributed by atoms with Gasteiger partial charge in [0.05, 0.1) is 18.1 Å². The molecule has 0 aromatic heterocycles. The van der Waals surface area contributed by atoms with E-state index in [-0.39, 0.29) is 42.6 Å². The minimum atomic E-state index is -2.26. The topological polar surface area (TPSA) is 212 Å². The Bertz CT molecular complexity index is 1590. The molecule has 1 aromatic carbocycles. The Morgan fingerprint density at radius 3 is 2.27 bits per heavy atom. The number of hydrogen-bond acceptors (Lipinski definition) is 14. The number of aliphatic hydroxyl groups is 4. The molecule has 0 radical (unpaired) electrons. The van der Waals surface area contributed by atoms with Crippen LogP contribution in [-0.2, 0) is 42.9 Å². The van der Waals surface area contributed by atoms with Crippen LogP contribution in [0.25, 0.3) is 0 Å². The van der Waals surface area contributed by atoms with E-state index in [1.165, 1.54) is 26.0 Å². The van der Waals surface area contributed by atoms with E-state index in [0.717, 1.165) is 0 Å². The molecule has 0 amide bonds. The summed E-state index contributed by atoms with van der Waals surface area (Å²) in [6.07, 6.45) is -9.88. The summed E-state index contributed by atoms with van der Waals surface area (Å²) in [4.78, 5) is 66.4. The molecule has 14 nitrogen and oxygen atoms in total. The molecule has 2 saturated carbocycles. The summed E-state index contributed by atoms with van der Waals surface area (Å²) >= 11 is 0. The summed E-state index contributed by atoms with van der Waals surface area (Å²) in [7, 11) is 0. The van der Waals surface area contributed by atoms with Crippen LogP contribution < -0.4 is 0 Å². The van der Waals surface area contributed by atoms with Crippen molar-refractivity contribution in [2.45, 2.75) is 116 Å². The van der Waals surface area contributed by atoms with Crippen molar-refractivity contribution >= 4 is 30.2 Å². The van der Waals surface area contributed by atoms with Gasteiger partial charge in [-0.05, 0) is 48.5 Å². The van der Waals surface area contributed by atoms with Crippen molar-refractivity contribution in [3.63, 3.8) is 0 Å². The van der Waals surface area contributed by atoms with Crippen LogP contribution in [0.3, 0.4) is 0 Å². The largest absolute Gasteiger partial charge is 0.456 e. The van der Waals surface area contributed by atoms with E-state index in [0.29, 0.717) is 0 Å². The van der Waals surface area contributed by atoms with Crippen molar-refractivity contribution in [3.8, 4) is 0 Å². The molecule has 2 bridgehead atoms. The maximum absolute atomic E-state index is 15.1. The fourth-order valence-electron chi connectivity index (χ4n) is 9.10. The van der Waals surface area contributed by atoms with Crippen LogP contribution in [0.1, 0.15) is 78.1 Å². The Labute approximate surface area is 296 Å². The van der Waals surface area contributed by atoms with Gasteiger partial charge in [0.25, 0.3) is 6.47 Å². The lowest BCUT2D eigenvalue weighted by molar-refractivity contribution is -0.343. The van der Waals surface area contributed by atoms with Gasteiger partial charge in [0.2, 0.25) is 6.29 Å². The molecule has 3 fully saturated rings. The second kappa shape index (κ2) is 13.7. The lowest BCUT2D eigenvalue weighted by atomic mass is 9.43. The Hall–Kier alpha value is -3.69. The molecule has 3 aliphatic carbocycles. The predicted molar refractivity (Wildman–Crippen MR) is 175 cm³/mol. The molecule has 1 saturated heterocycles. The summed E-state index contributed by atoms with van der Waals surface area (Å²) in [5.41, 5.74) is -7.01. The molecule has 4 aliphatic rings. The second-order valence-electron chi connectivity index (χ2n) is 15.4. The lowest BCUT2D eigenvalue weighted by Gasteiger charge is -2.68. The highest BCUT2D eigenvalue weighted by Crippen LogP contribution is 2.66. The molecular formula is C37H48O14. The number of Topliss-reactive ketones (excluding diaryl/α,β-unsaturated/α-hetero) is 1. The van der Waals surface area contributed by atoms with Gasteiger partial charge >= 0.3 is 17.9 Å². The van der Waals surface area contributed by atoms with Gasteiger partial charge in [0, 0.05) is 30.6 Å². The van der Waals surface area contributed by atoms with E-state index in [4.69, 9.17) is 23.7 Å². The van der Waals surface area contributed by atoms with E-state index in [9.17, 15) is 39.6 Å². The van der Waals surface area contributed by atoms with Gasteiger partial charge in [-0.2, -0.15) is 0 Å². The van der Waals surface area contributed by atoms with Crippen molar-refractivity contribution in [2.75, 3.05) is 6.61 Å². The third-order valence-electron chi connectivity index (χ3n) is 12.0. The molecule has 1 heterocycles. The average molecular weight is 717 g/mol. The van der Waals surface area contributed by atoms with E-state index in [1.54, 1.807) is 52.8 Å². The number of rotatable bonds is 10. The molecule has 11 atom stereocenters. The maximum atomic E-state index is 15.1. The van der Waals surface area contributed by atoms with Gasteiger partial charge in [-0.25, -0.2) is 9.59 Å². The highest BCUT2D eigenvalue weighted by Gasteiger charge is 2.78. The summed E-state index contributed by atoms with van der Waals surface area (Å²) in [6, 6.07) is 7.90. The van der Waals surface area contributed by atoms with Crippen molar-refractivity contribution in [1.82, 2.24) is 0 Å². The highest BCUT2D eigenvalue weighted by atomic mass is 16.6. The summed E-state index contributed by atoms with van der Waals surface area (Å²) in [5, 5.41) is 46.8. The summed E-state index contributed by atoms with van der Waals surface area (Å²) in [6.45, 7) is 10.4. The zero-order valence-corrected chi connectivity index (χ0v) is 29.9. The molecule has 280 valence electrons. The Balaban J connectivity index is 1.81. The van der Waals surface area contributed by atoms with Gasteiger partial charge in [0.15, 0.2) is 17.5 Å². The van der Waals surface area contributed by atoms with Crippen LogP contribution in [0.2, 0.25) is 0 Å². The first-order valence-corrected chi connectivity index (χ1v) is 17.2. The number of aliphatic hydroxyl groups excluding tert-OH is 3. The minimum Gasteiger partial charge on any atom is -0.456 e. The third kappa shape index (κ3) is 6.08. The molecule has 14 heteroatoms. The van der Waals surface area contributed by atoms with Gasteiger partial charge < -0.3 is 44.1 Å². The number of hydrogen-bond donors (Lipinski definition) is 4. The van der Waals surface area contributed by atoms with Crippen molar-refractivity contribution in [1.29, 1.82) is 0 Å². The van der Waals surface area contributed by atoms with E-state index >= 15 is 4.79 Å². The normalized spacial score (nSPS) is 36.6. The Morgan fingerprint density at radius 2 is 1.73 bits per heavy atom. The van der Waals surface area contributed by atoms with Crippen molar-refractivity contribution in [2.24, 2.45) is 28.6 Å². The van der Waals surface area contributed by atoms with Gasteiger partial charge in [-0.15, -0.1) is 0 Å². The average Bonchev–Trinajstić information content (AvgIpc) is 3.05. The first-order valence-electron chi connectivity index (χ1n) is 17.2. The zero-order chi connectivity index (χ0) is 37.8. The van der Waals surface area contributed by atoms with Crippen molar-refractivity contribution in [3.05, 3.63) is 47.0 Å². The monoisotopic (exact) mass is 716 g/mol.